The quantitative estimate of drug-likeness (QED) is 0.580. The van der Waals surface area contributed by atoms with Crippen LogP contribution in [-0.2, 0) is 4.79 Å². The molecule has 3 unspecified atom stereocenters. The molecule has 1 rings (SSSR count). The summed E-state index contributed by atoms with van der Waals surface area (Å²) in [5.41, 5.74) is 0. The number of halogens is 4. The molecule has 0 bridgehead atoms. The summed E-state index contributed by atoms with van der Waals surface area (Å²) in [6.45, 7) is 2.55. The molecule has 0 saturated heterocycles. The molecule has 0 radical (unpaired) electrons. The zero-order valence-electron chi connectivity index (χ0n) is 11.8. The highest BCUT2D eigenvalue weighted by atomic mass is 35.5. The van der Waals surface area contributed by atoms with E-state index in [1.54, 1.807) is 0 Å². The summed E-state index contributed by atoms with van der Waals surface area (Å²) < 4.78 is 38.0. The van der Waals surface area contributed by atoms with Crippen molar-refractivity contribution in [3.63, 3.8) is 0 Å². The van der Waals surface area contributed by atoms with Crippen molar-refractivity contribution in [3.8, 4) is 0 Å². The van der Waals surface area contributed by atoms with Crippen molar-refractivity contribution in [2.45, 2.75) is 51.6 Å². The van der Waals surface area contributed by atoms with Gasteiger partial charge in [0.1, 0.15) is 0 Å². The van der Waals surface area contributed by atoms with Gasteiger partial charge in [-0.15, -0.1) is 11.6 Å². The fourth-order valence-electron chi connectivity index (χ4n) is 2.61. The summed E-state index contributed by atoms with van der Waals surface area (Å²) in [5.74, 6) is -1.04. The number of carbonyl (C=O) groups excluding carboxylic acids is 1. The third-order valence-corrected chi connectivity index (χ3v) is 4.47. The van der Waals surface area contributed by atoms with E-state index in [4.69, 9.17) is 11.6 Å². The molecule has 0 aromatic carbocycles. The number of hydrogen-bond donors (Lipinski definition) is 1. The first kappa shape index (κ1) is 17.6. The van der Waals surface area contributed by atoms with Crippen LogP contribution < -0.4 is 5.32 Å². The van der Waals surface area contributed by atoms with Crippen molar-refractivity contribution >= 4 is 17.5 Å². The Morgan fingerprint density at radius 3 is 2.70 bits per heavy atom. The van der Waals surface area contributed by atoms with Gasteiger partial charge < -0.3 is 5.32 Å². The number of alkyl halides is 4. The Kier molecular flexibility index (Phi) is 7.13. The average molecular weight is 314 g/mol. The fourth-order valence-corrected chi connectivity index (χ4v) is 2.76. The van der Waals surface area contributed by atoms with Crippen molar-refractivity contribution in [2.24, 2.45) is 17.8 Å². The predicted octanol–water partition coefficient (Wildman–Crippen LogP) is 4.13. The van der Waals surface area contributed by atoms with Crippen molar-refractivity contribution in [3.05, 3.63) is 0 Å². The van der Waals surface area contributed by atoms with Crippen LogP contribution >= 0.6 is 11.6 Å². The molecule has 1 fully saturated rings. The van der Waals surface area contributed by atoms with E-state index in [0.29, 0.717) is 31.2 Å². The maximum absolute atomic E-state index is 12.7. The van der Waals surface area contributed by atoms with Gasteiger partial charge in [0.2, 0.25) is 5.91 Å². The van der Waals surface area contributed by atoms with Crippen LogP contribution in [-0.4, -0.2) is 24.5 Å². The van der Waals surface area contributed by atoms with E-state index >= 15 is 0 Å². The van der Waals surface area contributed by atoms with Crippen LogP contribution in [0.25, 0.3) is 0 Å². The second-order valence-electron chi connectivity index (χ2n) is 5.79. The van der Waals surface area contributed by atoms with E-state index in [1.165, 1.54) is 0 Å². The standard InChI is InChI=1S/C14H23ClF3NO/c1-10(9-15)4-3-7-19-13(20)11-5-2-6-12(8-11)14(16,17)18/h10-12H,2-9H2,1H3,(H,19,20). The molecule has 1 aliphatic rings. The first-order chi connectivity index (χ1) is 9.34. The molecular formula is C14H23ClF3NO. The lowest BCUT2D eigenvalue weighted by Crippen LogP contribution is -2.37. The molecule has 1 aliphatic carbocycles. The maximum Gasteiger partial charge on any atom is 0.391 e. The van der Waals surface area contributed by atoms with Crippen molar-refractivity contribution < 1.29 is 18.0 Å². The summed E-state index contributed by atoms with van der Waals surface area (Å²) in [6, 6.07) is 0. The molecule has 0 spiro atoms. The predicted molar refractivity (Wildman–Crippen MR) is 73.6 cm³/mol. The highest BCUT2D eigenvalue weighted by Gasteiger charge is 2.43. The molecule has 2 nitrogen and oxygen atoms in total. The zero-order chi connectivity index (χ0) is 15.2. The van der Waals surface area contributed by atoms with Crippen LogP contribution in [0.15, 0.2) is 0 Å². The van der Waals surface area contributed by atoms with Crippen LogP contribution in [0.1, 0.15) is 45.4 Å². The van der Waals surface area contributed by atoms with Gasteiger partial charge in [0.05, 0.1) is 5.92 Å². The van der Waals surface area contributed by atoms with Gasteiger partial charge in [-0.25, -0.2) is 0 Å². The monoisotopic (exact) mass is 313 g/mol. The van der Waals surface area contributed by atoms with E-state index < -0.39 is 18.0 Å². The van der Waals surface area contributed by atoms with Gasteiger partial charge >= 0.3 is 6.18 Å². The van der Waals surface area contributed by atoms with Gasteiger partial charge in [-0.05, 0) is 38.0 Å². The average Bonchev–Trinajstić information content (AvgIpc) is 2.42. The lowest BCUT2D eigenvalue weighted by molar-refractivity contribution is -0.186. The largest absolute Gasteiger partial charge is 0.391 e. The maximum atomic E-state index is 12.7. The Bertz CT molecular complexity index is 309. The van der Waals surface area contributed by atoms with Crippen LogP contribution in [0.5, 0.6) is 0 Å². The van der Waals surface area contributed by atoms with E-state index in [1.807, 2.05) is 6.92 Å². The second-order valence-corrected chi connectivity index (χ2v) is 6.10. The van der Waals surface area contributed by atoms with Crippen molar-refractivity contribution in [1.29, 1.82) is 0 Å². The first-order valence-electron chi connectivity index (χ1n) is 7.25. The van der Waals surface area contributed by atoms with Gasteiger partial charge in [-0.1, -0.05) is 13.3 Å². The summed E-state index contributed by atoms with van der Waals surface area (Å²) in [4.78, 5) is 11.9. The Balaban J connectivity index is 2.29. The molecule has 0 heterocycles. The Labute approximate surface area is 123 Å². The third-order valence-electron chi connectivity index (χ3n) is 3.94. The van der Waals surface area contributed by atoms with Gasteiger partial charge in [0, 0.05) is 18.3 Å². The first-order valence-corrected chi connectivity index (χ1v) is 7.78. The van der Waals surface area contributed by atoms with E-state index in [0.717, 1.165) is 12.8 Å². The van der Waals surface area contributed by atoms with Gasteiger partial charge in [-0.2, -0.15) is 13.2 Å². The number of carbonyl (C=O) groups is 1. The highest BCUT2D eigenvalue weighted by Crippen LogP contribution is 2.39. The molecule has 20 heavy (non-hydrogen) atoms. The van der Waals surface area contributed by atoms with E-state index in [9.17, 15) is 18.0 Å². The van der Waals surface area contributed by atoms with E-state index in [-0.39, 0.29) is 18.7 Å². The van der Waals surface area contributed by atoms with Gasteiger partial charge in [0.15, 0.2) is 0 Å². The molecule has 1 N–H and O–H groups in total. The van der Waals surface area contributed by atoms with E-state index in [2.05, 4.69) is 5.32 Å². The smallest absolute Gasteiger partial charge is 0.356 e. The number of hydrogen-bond acceptors (Lipinski definition) is 1. The van der Waals surface area contributed by atoms with Crippen LogP contribution in [0.3, 0.4) is 0 Å². The molecular weight excluding hydrogens is 291 g/mol. The lowest BCUT2D eigenvalue weighted by Gasteiger charge is -2.29. The van der Waals surface area contributed by atoms with Crippen LogP contribution in [0.4, 0.5) is 13.2 Å². The topological polar surface area (TPSA) is 29.1 Å². The minimum absolute atomic E-state index is 0.0621. The Hall–Kier alpha value is -0.450. The van der Waals surface area contributed by atoms with Gasteiger partial charge in [0.25, 0.3) is 0 Å². The van der Waals surface area contributed by atoms with Crippen molar-refractivity contribution in [1.82, 2.24) is 5.32 Å². The minimum Gasteiger partial charge on any atom is -0.356 e. The SMILES string of the molecule is CC(CCl)CCCNC(=O)C1CCCC(C(F)(F)F)C1. The molecule has 0 aliphatic heterocycles. The lowest BCUT2D eigenvalue weighted by atomic mass is 9.80. The normalized spacial score (nSPS) is 25.2. The fraction of sp³-hybridized carbons (Fsp3) is 0.929. The van der Waals surface area contributed by atoms with Crippen LogP contribution in [0.2, 0.25) is 0 Å². The molecule has 1 saturated carbocycles. The summed E-state index contributed by atoms with van der Waals surface area (Å²) in [5, 5.41) is 2.75. The summed E-state index contributed by atoms with van der Waals surface area (Å²) in [7, 11) is 0. The number of amides is 1. The molecule has 0 aromatic rings. The third kappa shape index (κ3) is 5.90. The number of nitrogens with one attached hydrogen (secondary N) is 1. The van der Waals surface area contributed by atoms with Crippen LogP contribution in [0, 0.1) is 17.8 Å². The minimum atomic E-state index is -4.17. The summed E-state index contributed by atoms with van der Waals surface area (Å²) in [6.07, 6.45) is -1.31. The van der Waals surface area contributed by atoms with Crippen molar-refractivity contribution in [2.75, 3.05) is 12.4 Å². The van der Waals surface area contributed by atoms with Gasteiger partial charge in [-0.3, -0.25) is 4.79 Å². The molecule has 118 valence electrons. The molecule has 1 amide bonds. The Morgan fingerprint density at radius 1 is 1.40 bits per heavy atom. The molecule has 0 aromatic heterocycles. The molecule has 6 heteroatoms. The highest BCUT2D eigenvalue weighted by molar-refractivity contribution is 6.18. The Morgan fingerprint density at radius 2 is 2.10 bits per heavy atom. The summed E-state index contributed by atoms with van der Waals surface area (Å²) >= 11 is 5.68. The zero-order valence-corrected chi connectivity index (χ0v) is 12.6. The second kappa shape index (κ2) is 8.11. The molecule has 3 atom stereocenters. The number of rotatable bonds is 6.